The van der Waals surface area contributed by atoms with E-state index in [1.807, 2.05) is 37.3 Å². The number of amides is 2. The number of nitrogens with one attached hydrogen (secondary N) is 1. The summed E-state index contributed by atoms with van der Waals surface area (Å²) in [6, 6.07) is 9.28. The zero-order valence-corrected chi connectivity index (χ0v) is 15.3. The van der Waals surface area contributed by atoms with Crippen molar-refractivity contribution >= 4 is 22.8 Å². The Morgan fingerprint density at radius 2 is 2.08 bits per heavy atom. The van der Waals surface area contributed by atoms with Crippen LogP contribution < -0.4 is 5.32 Å². The van der Waals surface area contributed by atoms with E-state index in [9.17, 15) is 13.8 Å². The summed E-state index contributed by atoms with van der Waals surface area (Å²) in [5.74, 6) is 0.443. The first kappa shape index (κ1) is 19.4. The molecule has 3 unspecified atom stereocenters. The van der Waals surface area contributed by atoms with E-state index in [0.717, 1.165) is 5.56 Å². The molecule has 25 heavy (non-hydrogen) atoms. The Morgan fingerprint density at radius 1 is 1.36 bits per heavy atom. The number of hydrogen-bond donors (Lipinski definition) is 2. The van der Waals surface area contributed by atoms with Crippen LogP contribution in [0.5, 0.6) is 0 Å². The van der Waals surface area contributed by atoms with Gasteiger partial charge in [-0.2, -0.15) is 0 Å². The minimum atomic E-state index is -0.878. The molecule has 0 aliphatic carbocycles. The molecule has 0 saturated carbocycles. The molecule has 1 aliphatic rings. The minimum absolute atomic E-state index is 0.0121. The van der Waals surface area contributed by atoms with Gasteiger partial charge in [0, 0.05) is 47.9 Å². The van der Waals surface area contributed by atoms with Crippen LogP contribution in [0.3, 0.4) is 0 Å². The summed E-state index contributed by atoms with van der Waals surface area (Å²) >= 11 is 0. The lowest BCUT2D eigenvalue weighted by atomic mass is 10.0. The lowest BCUT2D eigenvalue weighted by Gasteiger charge is -2.26. The highest BCUT2D eigenvalue weighted by atomic mass is 32.2. The quantitative estimate of drug-likeness (QED) is 0.805. The molecule has 6 nitrogen and oxygen atoms in total. The summed E-state index contributed by atoms with van der Waals surface area (Å²) in [6.45, 7) is 3.05. The fourth-order valence-corrected chi connectivity index (χ4v) is 4.34. The van der Waals surface area contributed by atoms with Crippen LogP contribution in [0, 0.1) is 5.92 Å². The molecule has 138 valence electrons. The molecular formula is C18H26N2O4S. The number of urea groups is 1. The highest BCUT2D eigenvalue weighted by Gasteiger charge is 2.24. The number of benzene rings is 1. The van der Waals surface area contributed by atoms with Gasteiger partial charge < -0.3 is 15.3 Å². The third kappa shape index (κ3) is 6.86. The molecule has 3 atom stereocenters. The van der Waals surface area contributed by atoms with Gasteiger partial charge in [0.2, 0.25) is 0 Å². The highest BCUT2D eigenvalue weighted by Crippen LogP contribution is 2.11. The summed E-state index contributed by atoms with van der Waals surface area (Å²) in [5.41, 5.74) is 1.06. The maximum Gasteiger partial charge on any atom is 0.317 e. The summed E-state index contributed by atoms with van der Waals surface area (Å²) in [7, 11) is -0.878. The molecular weight excluding hydrogens is 340 g/mol. The van der Waals surface area contributed by atoms with Crippen molar-refractivity contribution in [3.05, 3.63) is 35.9 Å². The fourth-order valence-electron chi connectivity index (χ4n) is 3.00. The molecule has 0 radical (unpaired) electrons. The van der Waals surface area contributed by atoms with Gasteiger partial charge >= 0.3 is 12.0 Å². The first-order valence-electron chi connectivity index (χ1n) is 8.60. The Hall–Kier alpha value is -1.89. The summed E-state index contributed by atoms with van der Waals surface area (Å²) in [5, 5.41) is 11.9. The van der Waals surface area contributed by atoms with Crippen molar-refractivity contribution in [1.29, 1.82) is 0 Å². The summed E-state index contributed by atoms with van der Waals surface area (Å²) < 4.78 is 11.8. The van der Waals surface area contributed by atoms with Gasteiger partial charge in [-0.05, 0) is 24.3 Å². The topological polar surface area (TPSA) is 86.7 Å². The normalized spacial score (nSPS) is 22.0. The number of carbonyl (C=O) groups is 2. The maximum atomic E-state index is 12.6. The predicted octanol–water partition coefficient (Wildman–Crippen LogP) is 1.87. The van der Waals surface area contributed by atoms with E-state index in [0.29, 0.717) is 37.4 Å². The zero-order valence-electron chi connectivity index (χ0n) is 14.5. The first-order chi connectivity index (χ1) is 11.9. The van der Waals surface area contributed by atoms with Gasteiger partial charge in [0.05, 0.1) is 0 Å². The molecule has 2 N–H and O–H groups in total. The molecule has 2 rings (SSSR count). The smallest absolute Gasteiger partial charge is 0.317 e. The molecule has 1 aromatic carbocycles. The molecule has 1 aliphatic heterocycles. The van der Waals surface area contributed by atoms with Crippen molar-refractivity contribution in [2.45, 2.75) is 32.2 Å². The second-order valence-electron chi connectivity index (χ2n) is 6.63. The standard InChI is InChI=1S/C18H26N2O4S/c1-14-12-20(9-10-25(24)13-14)18(23)19-16(7-8-17(21)22)11-15-5-3-2-4-6-15/h2-6,14,16H,7-13H2,1H3,(H,19,23)(H,21,22). The van der Waals surface area contributed by atoms with E-state index in [4.69, 9.17) is 5.11 Å². The van der Waals surface area contributed by atoms with Crippen molar-refractivity contribution in [3.63, 3.8) is 0 Å². The molecule has 0 aromatic heterocycles. The third-order valence-corrected chi connectivity index (χ3v) is 5.82. The van der Waals surface area contributed by atoms with Gasteiger partial charge in [-0.15, -0.1) is 0 Å². The second kappa shape index (κ2) is 9.56. The highest BCUT2D eigenvalue weighted by molar-refractivity contribution is 7.85. The average Bonchev–Trinajstić information content (AvgIpc) is 2.74. The number of aliphatic carboxylic acids is 1. The Bertz CT molecular complexity index is 608. The molecule has 0 bridgehead atoms. The second-order valence-corrected chi connectivity index (χ2v) is 8.25. The van der Waals surface area contributed by atoms with E-state index < -0.39 is 16.8 Å². The lowest BCUT2D eigenvalue weighted by Crippen LogP contribution is -2.47. The number of carboxylic acids is 1. The van der Waals surface area contributed by atoms with Gasteiger partial charge in [-0.1, -0.05) is 37.3 Å². The van der Waals surface area contributed by atoms with E-state index >= 15 is 0 Å². The largest absolute Gasteiger partial charge is 0.481 e. The zero-order chi connectivity index (χ0) is 18.2. The van der Waals surface area contributed by atoms with Crippen molar-refractivity contribution in [1.82, 2.24) is 10.2 Å². The molecule has 0 spiro atoms. The van der Waals surface area contributed by atoms with Crippen LogP contribution >= 0.6 is 0 Å². The predicted molar refractivity (Wildman–Crippen MR) is 97.9 cm³/mol. The van der Waals surface area contributed by atoms with Crippen LogP contribution in [0.15, 0.2) is 30.3 Å². The van der Waals surface area contributed by atoms with Gasteiger partial charge in [0.1, 0.15) is 0 Å². The number of rotatable bonds is 6. The van der Waals surface area contributed by atoms with Crippen LogP contribution in [-0.2, 0) is 22.0 Å². The average molecular weight is 366 g/mol. The Kier molecular flexibility index (Phi) is 7.43. The van der Waals surface area contributed by atoms with Crippen molar-refractivity contribution in [2.75, 3.05) is 24.6 Å². The van der Waals surface area contributed by atoms with E-state index in [1.165, 1.54) is 0 Å². The van der Waals surface area contributed by atoms with Crippen LogP contribution in [0.4, 0.5) is 4.79 Å². The molecule has 7 heteroatoms. The molecule has 1 saturated heterocycles. The molecule has 1 fully saturated rings. The van der Waals surface area contributed by atoms with E-state index in [2.05, 4.69) is 5.32 Å². The minimum Gasteiger partial charge on any atom is -0.481 e. The monoisotopic (exact) mass is 366 g/mol. The van der Waals surface area contributed by atoms with Crippen LogP contribution in [0.2, 0.25) is 0 Å². The summed E-state index contributed by atoms with van der Waals surface area (Å²) in [4.78, 5) is 25.2. The van der Waals surface area contributed by atoms with Crippen LogP contribution in [0.1, 0.15) is 25.3 Å². The Labute approximate surface area is 151 Å². The Morgan fingerprint density at radius 3 is 2.76 bits per heavy atom. The fraction of sp³-hybridized carbons (Fsp3) is 0.556. The number of nitrogens with zero attached hydrogens (tertiary/aromatic N) is 1. The maximum absolute atomic E-state index is 12.6. The van der Waals surface area contributed by atoms with Crippen LogP contribution in [0.25, 0.3) is 0 Å². The van der Waals surface area contributed by atoms with Gasteiger partial charge in [-0.25, -0.2) is 4.79 Å². The van der Waals surface area contributed by atoms with Crippen molar-refractivity contribution < 1.29 is 18.9 Å². The number of carboxylic acid groups (broad SMARTS) is 1. The van der Waals surface area contributed by atoms with Crippen molar-refractivity contribution in [3.8, 4) is 0 Å². The SMILES string of the molecule is CC1CN(C(=O)NC(CCC(=O)O)Cc2ccccc2)CCS(=O)C1. The van der Waals surface area contributed by atoms with Crippen molar-refractivity contribution in [2.24, 2.45) is 5.92 Å². The van der Waals surface area contributed by atoms with E-state index in [1.54, 1.807) is 4.90 Å². The summed E-state index contributed by atoms with van der Waals surface area (Å²) in [6.07, 6.45) is 0.985. The number of carbonyl (C=O) groups excluding carboxylic acids is 1. The number of hydrogen-bond acceptors (Lipinski definition) is 3. The van der Waals surface area contributed by atoms with Gasteiger partial charge in [0.15, 0.2) is 0 Å². The Balaban J connectivity index is 1.99. The third-order valence-electron chi connectivity index (χ3n) is 4.24. The first-order valence-corrected chi connectivity index (χ1v) is 10.1. The van der Waals surface area contributed by atoms with Gasteiger partial charge in [-0.3, -0.25) is 9.00 Å². The lowest BCUT2D eigenvalue weighted by molar-refractivity contribution is -0.137. The van der Waals surface area contributed by atoms with E-state index in [-0.39, 0.29) is 24.4 Å². The van der Waals surface area contributed by atoms with Crippen LogP contribution in [-0.4, -0.2) is 56.9 Å². The molecule has 1 aromatic rings. The molecule has 2 amide bonds. The molecule has 1 heterocycles. The van der Waals surface area contributed by atoms with Gasteiger partial charge in [0.25, 0.3) is 0 Å².